The van der Waals surface area contributed by atoms with Crippen molar-refractivity contribution in [2.75, 3.05) is 19.6 Å². The summed E-state index contributed by atoms with van der Waals surface area (Å²) in [5, 5.41) is 9.11. The van der Waals surface area contributed by atoms with Gasteiger partial charge in [-0.1, -0.05) is 26.2 Å². The molecule has 0 aromatic carbocycles. The van der Waals surface area contributed by atoms with Gasteiger partial charge < -0.3 is 15.7 Å². The van der Waals surface area contributed by atoms with Crippen molar-refractivity contribution in [2.45, 2.75) is 63.8 Å². The molecule has 1 unspecified atom stereocenters. The zero-order chi connectivity index (χ0) is 13.4. The first-order valence-electron chi connectivity index (χ1n) is 7.33. The number of rotatable bonds is 6. The summed E-state index contributed by atoms with van der Waals surface area (Å²) in [5.74, 6) is -0.863. The van der Waals surface area contributed by atoms with Crippen LogP contribution in [0.4, 0.5) is 0 Å². The molecule has 1 rings (SSSR count). The molecule has 18 heavy (non-hydrogen) atoms. The maximum atomic E-state index is 11.1. The van der Waals surface area contributed by atoms with Crippen LogP contribution in [-0.2, 0) is 4.79 Å². The highest BCUT2D eigenvalue weighted by atomic mass is 16.4. The van der Waals surface area contributed by atoms with Gasteiger partial charge in [0.25, 0.3) is 0 Å². The van der Waals surface area contributed by atoms with E-state index in [0.29, 0.717) is 12.8 Å². The van der Waals surface area contributed by atoms with E-state index in [1.165, 1.54) is 32.1 Å². The number of aliphatic carboxylic acids is 1. The van der Waals surface area contributed by atoms with Crippen LogP contribution in [0.15, 0.2) is 0 Å². The average Bonchev–Trinajstić information content (AvgIpc) is 2.31. The topological polar surface area (TPSA) is 66.6 Å². The van der Waals surface area contributed by atoms with Crippen molar-refractivity contribution in [3.63, 3.8) is 0 Å². The monoisotopic (exact) mass is 256 g/mol. The van der Waals surface area contributed by atoms with Crippen LogP contribution in [0.25, 0.3) is 0 Å². The summed E-state index contributed by atoms with van der Waals surface area (Å²) in [6.45, 7) is 5.17. The van der Waals surface area contributed by atoms with Crippen molar-refractivity contribution in [1.29, 1.82) is 0 Å². The van der Waals surface area contributed by atoms with Gasteiger partial charge in [-0.25, -0.2) is 0 Å². The molecule has 0 bridgehead atoms. The molecule has 0 spiro atoms. The second-order valence-electron chi connectivity index (χ2n) is 5.53. The zero-order valence-corrected chi connectivity index (χ0v) is 11.7. The van der Waals surface area contributed by atoms with E-state index >= 15 is 0 Å². The van der Waals surface area contributed by atoms with Gasteiger partial charge in [-0.2, -0.15) is 0 Å². The number of nitrogens with zero attached hydrogens (tertiary/aromatic N) is 1. The molecule has 1 aliphatic heterocycles. The van der Waals surface area contributed by atoms with E-state index in [0.717, 1.165) is 26.1 Å². The van der Waals surface area contributed by atoms with Crippen LogP contribution < -0.4 is 5.73 Å². The quantitative estimate of drug-likeness (QED) is 0.764. The Morgan fingerprint density at radius 2 is 1.78 bits per heavy atom. The Balaban J connectivity index is 2.28. The standard InChI is InChI=1S/C14H28N2O2/c1-2-14(15,13(17)18)9-8-12-16-10-6-4-3-5-7-11-16/h2-12,15H2,1H3,(H,17,18). The van der Waals surface area contributed by atoms with E-state index in [1.54, 1.807) is 0 Å². The molecule has 1 fully saturated rings. The zero-order valence-electron chi connectivity index (χ0n) is 11.7. The molecule has 0 aliphatic carbocycles. The van der Waals surface area contributed by atoms with Gasteiger partial charge in [-0.3, -0.25) is 4.79 Å². The van der Waals surface area contributed by atoms with E-state index in [2.05, 4.69) is 4.90 Å². The average molecular weight is 256 g/mol. The van der Waals surface area contributed by atoms with Gasteiger partial charge in [0.1, 0.15) is 5.54 Å². The summed E-state index contributed by atoms with van der Waals surface area (Å²) in [5.41, 5.74) is 4.87. The first-order valence-corrected chi connectivity index (χ1v) is 7.33. The maximum absolute atomic E-state index is 11.1. The highest BCUT2D eigenvalue weighted by Gasteiger charge is 2.31. The van der Waals surface area contributed by atoms with Gasteiger partial charge in [0.05, 0.1) is 0 Å². The van der Waals surface area contributed by atoms with Gasteiger partial charge in [-0.15, -0.1) is 0 Å². The second kappa shape index (κ2) is 7.74. The number of hydrogen-bond donors (Lipinski definition) is 2. The van der Waals surface area contributed by atoms with Gasteiger partial charge in [0.15, 0.2) is 0 Å². The smallest absolute Gasteiger partial charge is 0.323 e. The Kier molecular flexibility index (Phi) is 6.65. The Bertz CT molecular complexity index is 250. The van der Waals surface area contributed by atoms with Crippen molar-refractivity contribution in [2.24, 2.45) is 5.73 Å². The number of carbonyl (C=O) groups is 1. The van der Waals surface area contributed by atoms with Crippen molar-refractivity contribution < 1.29 is 9.90 Å². The molecule has 1 atom stereocenters. The summed E-state index contributed by atoms with van der Waals surface area (Å²) < 4.78 is 0. The van der Waals surface area contributed by atoms with Crippen LogP contribution in [0, 0.1) is 0 Å². The fourth-order valence-electron chi connectivity index (χ4n) is 2.59. The third-order valence-corrected chi connectivity index (χ3v) is 4.10. The first-order chi connectivity index (χ1) is 8.58. The molecular formula is C14H28N2O2. The number of hydrogen-bond acceptors (Lipinski definition) is 3. The maximum Gasteiger partial charge on any atom is 0.323 e. The molecule has 1 heterocycles. The fraction of sp³-hybridized carbons (Fsp3) is 0.929. The number of nitrogens with two attached hydrogens (primary N) is 1. The van der Waals surface area contributed by atoms with Crippen LogP contribution in [0.3, 0.4) is 0 Å². The molecule has 3 N–H and O–H groups in total. The minimum absolute atomic E-state index is 0.502. The van der Waals surface area contributed by atoms with E-state index in [-0.39, 0.29) is 0 Å². The lowest BCUT2D eigenvalue weighted by atomic mass is 9.91. The number of likely N-dealkylation sites (tertiary alicyclic amines) is 1. The van der Waals surface area contributed by atoms with E-state index in [1.807, 2.05) is 6.92 Å². The predicted molar refractivity (Wildman–Crippen MR) is 73.6 cm³/mol. The molecule has 0 aromatic heterocycles. The molecule has 0 radical (unpaired) electrons. The summed E-state index contributed by atoms with van der Waals surface area (Å²) >= 11 is 0. The minimum atomic E-state index is -1.03. The van der Waals surface area contributed by atoms with Crippen LogP contribution in [0.5, 0.6) is 0 Å². The minimum Gasteiger partial charge on any atom is -0.480 e. The molecule has 1 aliphatic rings. The first kappa shape index (κ1) is 15.4. The van der Waals surface area contributed by atoms with Crippen molar-refractivity contribution in [1.82, 2.24) is 4.90 Å². The summed E-state index contributed by atoms with van der Waals surface area (Å²) in [4.78, 5) is 13.6. The number of carboxylic acids is 1. The largest absolute Gasteiger partial charge is 0.480 e. The van der Waals surface area contributed by atoms with Crippen LogP contribution >= 0.6 is 0 Å². The molecular weight excluding hydrogens is 228 g/mol. The Morgan fingerprint density at radius 3 is 2.28 bits per heavy atom. The fourth-order valence-corrected chi connectivity index (χ4v) is 2.59. The lowest BCUT2D eigenvalue weighted by Gasteiger charge is -2.27. The van der Waals surface area contributed by atoms with Gasteiger partial charge in [0.2, 0.25) is 0 Å². The Labute approximate surface area is 111 Å². The highest BCUT2D eigenvalue weighted by molar-refractivity contribution is 5.78. The van der Waals surface area contributed by atoms with Gasteiger partial charge in [0, 0.05) is 0 Å². The lowest BCUT2D eigenvalue weighted by Crippen LogP contribution is -2.47. The molecule has 1 saturated heterocycles. The van der Waals surface area contributed by atoms with Crippen molar-refractivity contribution in [3.8, 4) is 0 Å². The van der Waals surface area contributed by atoms with E-state index in [9.17, 15) is 4.79 Å². The normalized spacial score (nSPS) is 21.9. The molecule has 0 amide bonds. The molecule has 0 saturated carbocycles. The summed E-state index contributed by atoms with van der Waals surface area (Å²) in [7, 11) is 0. The Hall–Kier alpha value is -0.610. The molecule has 4 heteroatoms. The van der Waals surface area contributed by atoms with Crippen LogP contribution in [0.2, 0.25) is 0 Å². The van der Waals surface area contributed by atoms with Crippen molar-refractivity contribution >= 4 is 5.97 Å². The van der Waals surface area contributed by atoms with Crippen LogP contribution in [0.1, 0.15) is 58.3 Å². The molecule has 106 valence electrons. The van der Waals surface area contributed by atoms with Crippen LogP contribution in [-0.4, -0.2) is 41.1 Å². The second-order valence-corrected chi connectivity index (χ2v) is 5.53. The van der Waals surface area contributed by atoms with Gasteiger partial charge >= 0.3 is 5.97 Å². The Morgan fingerprint density at radius 1 is 1.22 bits per heavy atom. The van der Waals surface area contributed by atoms with E-state index < -0.39 is 11.5 Å². The molecule has 4 nitrogen and oxygen atoms in total. The lowest BCUT2D eigenvalue weighted by molar-refractivity contribution is -0.143. The predicted octanol–water partition coefficient (Wildman–Crippen LogP) is 2.22. The summed E-state index contributed by atoms with van der Waals surface area (Å²) in [6, 6.07) is 0. The van der Waals surface area contributed by atoms with Crippen molar-refractivity contribution in [3.05, 3.63) is 0 Å². The third-order valence-electron chi connectivity index (χ3n) is 4.10. The van der Waals surface area contributed by atoms with E-state index in [4.69, 9.17) is 10.8 Å². The number of carboxylic acid groups (broad SMARTS) is 1. The van der Waals surface area contributed by atoms with Gasteiger partial charge in [-0.05, 0) is 51.7 Å². The highest BCUT2D eigenvalue weighted by Crippen LogP contribution is 2.16. The SMILES string of the molecule is CCC(N)(CCCN1CCCCCCC1)C(=O)O. The summed E-state index contributed by atoms with van der Waals surface area (Å²) in [6.07, 6.45) is 8.56. The molecule has 0 aromatic rings. The third kappa shape index (κ3) is 4.94.